The van der Waals surface area contributed by atoms with Gasteiger partial charge in [0.2, 0.25) is 0 Å². The summed E-state index contributed by atoms with van der Waals surface area (Å²) in [6.07, 6.45) is 2.47. The van der Waals surface area contributed by atoms with Gasteiger partial charge in [0.15, 0.2) is 0 Å². The molecule has 1 unspecified atom stereocenters. The van der Waals surface area contributed by atoms with E-state index in [0.29, 0.717) is 19.5 Å². The van der Waals surface area contributed by atoms with E-state index >= 15 is 0 Å². The maximum Gasteiger partial charge on any atom is 0.326 e. The van der Waals surface area contributed by atoms with E-state index in [1.54, 1.807) is 12.0 Å². The van der Waals surface area contributed by atoms with Crippen molar-refractivity contribution in [3.05, 3.63) is 0 Å². The van der Waals surface area contributed by atoms with Gasteiger partial charge in [0, 0.05) is 13.7 Å². The second-order valence-corrected chi connectivity index (χ2v) is 5.83. The lowest BCUT2D eigenvalue weighted by Crippen LogP contribution is -2.56. The number of methoxy groups -OCH3 is 1. The Morgan fingerprint density at radius 2 is 2.15 bits per heavy atom. The molecule has 3 atom stereocenters. The number of amides is 2. The molecular formula is C14H26N2O4. The number of ether oxygens (including phenoxy) is 1. The molecule has 6 nitrogen and oxygen atoms in total. The molecule has 0 aliphatic carbocycles. The molecule has 1 aliphatic heterocycles. The van der Waals surface area contributed by atoms with Crippen molar-refractivity contribution in [3.8, 4) is 0 Å². The van der Waals surface area contributed by atoms with Crippen LogP contribution >= 0.6 is 0 Å². The number of hydrogen-bond donors (Lipinski definition) is 2. The van der Waals surface area contributed by atoms with Crippen LogP contribution in [0.4, 0.5) is 4.79 Å². The third-order valence-electron chi connectivity index (χ3n) is 4.20. The molecule has 0 bridgehead atoms. The summed E-state index contributed by atoms with van der Waals surface area (Å²) in [6, 6.07) is -1.16. The van der Waals surface area contributed by atoms with Gasteiger partial charge in [-0.2, -0.15) is 0 Å². The summed E-state index contributed by atoms with van der Waals surface area (Å²) in [5, 5.41) is 11.8. The van der Waals surface area contributed by atoms with Crippen LogP contribution in [0.25, 0.3) is 0 Å². The minimum atomic E-state index is -0.987. The Kier molecular flexibility index (Phi) is 5.80. The molecule has 0 aromatic heterocycles. The fraction of sp³-hybridized carbons (Fsp3) is 0.857. The average molecular weight is 286 g/mol. The monoisotopic (exact) mass is 286 g/mol. The maximum atomic E-state index is 12.2. The molecule has 0 spiro atoms. The number of hydrogen-bond acceptors (Lipinski definition) is 3. The number of rotatable bonds is 5. The summed E-state index contributed by atoms with van der Waals surface area (Å²) in [5.41, 5.74) is -0.343. The van der Waals surface area contributed by atoms with Gasteiger partial charge >= 0.3 is 12.0 Å². The highest BCUT2D eigenvalue weighted by Gasteiger charge is 2.35. The third-order valence-corrected chi connectivity index (χ3v) is 4.20. The molecular weight excluding hydrogens is 260 g/mol. The van der Waals surface area contributed by atoms with Gasteiger partial charge in [-0.1, -0.05) is 20.3 Å². The number of nitrogens with zero attached hydrogens (tertiary/aromatic N) is 1. The van der Waals surface area contributed by atoms with Crippen molar-refractivity contribution in [2.45, 2.75) is 51.7 Å². The zero-order valence-corrected chi connectivity index (χ0v) is 12.8. The predicted octanol–water partition coefficient (Wildman–Crippen LogP) is 1.70. The van der Waals surface area contributed by atoms with E-state index in [-0.39, 0.29) is 17.6 Å². The van der Waals surface area contributed by atoms with Crippen LogP contribution in [0.2, 0.25) is 0 Å². The number of likely N-dealkylation sites (tertiary alicyclic amines) is 1. The molecule has 1 rings (SSSR count). The smallest absolute Gasteiger partial charge is 0.326 e. The Morgan fingerprint density at radius 1 is 1.50 bits per heavy atom. The van der Waals surface area contributed by atoms with E-state index < -0.39 is 12.0 Å². The molecule has 0 saturated carbocycles. The predicted molar refractivity (Wildman–Crippen MR) is 75.6 cm³/mol. The van der Waals surface area contributed by atoms with E-state index in [9.17, 15) is 14.7 Å². The summed E-state index contributed by atoms with van der Waals surface area (Å²) < 4.78 is 5.44. The Hall–Kier alpha value is -1.30. The number of aliphatic carboxylic acids is 1. The van der Waals surface area contributed by atoms with E-state index in [1.807, 2.05) is 20.8 Å². The van der Waals surface area contributed by atoms with Gasteiger partial charge in [0.1, 0.15) is 6.04 Å². The van der Waals surface area contributed by atoms with E-state index in [1.165, 1.54) is 0 Å². The number of carboxylic acids is 1. The highest BCUT2D eigenvalue weighted by molar-refractivity contribution is 5.82. The molecule has 6 heteroatoms. The van der Waals surface area contributed by atoms with Crippen LogP contribution < -0.4 is 5.32 Å². The zero-order valence-electron chi connectivity index (χ0n) is 12.8. The standard InChI is InChI=1S/C14H26N2O4/c1-5-10(2)11(12(17)18)15-13(19)16-8-6-7-14(3,9-16)20-4/h10-11H,5-9H2,1-4H3,(H,15,19)(H,17,18)/t10-,11-,14?/m0/s1. The van der Waals surface area contributed by atoms with E-state index in [0.717, 1.165) is 12.8 Å². The van der Waals surface area contributed by atoms with Crippen LogP contribution in [-0.2, 0) is 9.53 Å². The highest BCUT2D eigenvalue weighted by Crippen LogP contribution is 2.24. The second-order valence-electron chi connectivity index (χ2n) is 5.83. The number of carboxylic acid groups (broad SMARTS) is 1. The molecule has 20 heavy (non-hydrogen) atoms. The summed E-state index contributed by atoms with van der Waals surface area (Å²) in [4.78, 5) is 25.1. The van der Waals surface area contributed by atoms with E-state index in [2.05, 4.69) is 5.32 Å². The number of urea groups is 1. The van der Waals surface area contributed by atoms with Gasteiger partial charge in [0.05, 0.1) is 12.1 Å². The Bertz CT molecular complexity index is 361. The summed E-state index contributed by atoms with van der Waals surface area (Å²) in [7, 11) is 1.64. The maximum absolute atomic E-state index is 12.2. The lowest BCUT2D eigenvalue weighted by Gasteiger charge is -2.39. The van der Waals surface area contributed by atoms with E-state index in [4.69, 9.17) is 4.74 Å². The molecule has 2 amide bonds. The lowest BCUT2D eigenvalue weighted by atomic mass is 9.95. The first-order valence-corrected chi connectivity index (χ1v) is 7.16. The van der Waals surface area contributed by atoms with Crippen LogP contribution in [0.1, 0.15) is 40.0 Å². The van der Waals surface area contributed by atoms with Gasteiger partial charge in [-0.3, -0.25) is 0 Å². The van der Waals surface area contributed by atoms with Crippen molar-refractivity contribution in [3.63, 3.8) is 0 Å². The first-order valence-electron chi connectivity index (χ1n) is 7.16. The molecule has 1 saturated heterocycles. The molecule has 116 valence electrons. The summed E-state index contributed by atoms with van der Waals surface area (Å²) in [6.45, 7) is 6.83. The Morgan fingerprint density at radius 3 is 2.65 bits per heavy atom. The van der Waals surface area contributed by atoms with Gasteiger partial charge in [-0.25, -0.2) is 9.59 Å². The normalized spacial score (nSPS) is 25.9. The van der Waals surface area contributed by atoms with Crippen molar-refractivity contribution in [1.29, 1.82) is 0 Å². The second kappa shape index (κ2) is 6.92. The number of nitrogens with one attached hydrogen (secondary N) is 1. The van der Waals surface area contributed by atoms with Gasteiger partial charge in [-0.15, -0.1) is 0 Å². The molecule has 1 fully saturated rings. The minimum absolute atomic E-state index is 0.102. The quantitative estimate of drug-likeness (QED) is 0.806. The first kappa shape index (κ1) is 16.8. The van der Waals surface area contributed by atoms with Crippen molar-refractivity contribution in [1.82, 2.24) is 10.2 Å². The van der Waals surface area contributed by atoms with Crippen LogP contribution in [0.15, 0.2) is 0 Å². The Balaban J connectivity index is 2.67. The number of piperidine rings is 1. The molecule has 1 heterocycles. The first-order chi connectivity index (χ1) is 9.33. The SMILES string of the molecule is CC[C@H](C)[C@H](NC(=O)N1CCCC(C)(OC)C1)C(=O)O. The van der Waals surface area contributed by atoms with Crippen LogP contribution in [0, 0.1) is 5.92 Å². The van der Waals surface area contributed by atoms with Crippen molar-refractivity contribution < 1.29 is 19.4 Å². The zero-order chi connectivity index (χ0) is 15.3. The molecule has 0 radical (unpaired) electrons. The van der Waals surface area contributed by atoms with Crippen molar-refractivity contribution >= 4 is 12.0 Å². The number of carbonyl (C=O) groups excluding carboxylic acids is 1. The third kappa shape index (κ3) is 4.10. The summed E-state index contributed by atoms with van der Waals surface area (Å²) in [5.74, 6) is -1.09. The minimum Gasteiger partial charge on any atom is -0.480 e. The average Bonchev–Trinajstić information content (AvgIpc) is 2.43. The molecule has 2 N–H and O–H groups in total. The van der Waals surface area contributed by atoms with Gasteiger partial charge in [0.25, 0.3) is 0 Å². The highest BCUT2D eigenvalue weighted by atomic mass is 16.5. The molecule has 0 aromatic carbocycles. The molecule has 0 aromatic rings. The van der Waals surface area contributed by atoms with Crippen molar-refractivity contribution in [2.75, 3.05) is 20.2 Å². The van der Waals surface area contributed by atoms with Gasteiger partial charge < -0.3 is 20.1 Å². The van der Waals surface area contributed by atoms with Crippen LogP contribution in [0.3, 0.4) is 0 Å². The topological polar surface area (TPSA) is 78.9 Å². The van der Waals surface area contributed by atoms with Gasteiger partial charge in [-0.05, 0) is 25.7 Å². The van der Waals surface area contributed by atoms with Crippen molar-refractivity contribution in [2.24, 2.45) is 5.92 Å². The largest absolute Gasteiger partial charge is 0.480 e. The lowest BCUT2D eigenvalue weighted by molar-refractivity contribution is -0.140. The summed E-state index contributed by atoms with van der Waals surface area (Å²) >= 11 is 0. The fourth-order valence-corrected chi connectivity index (χ4v) is 2.45. The van der Waals surface area contributed by atoms with Crippen LogP contribution in [0.5, 0.6) is 0 Å². The Labute approximate surface area is 120 Å². The fourth-order valence-electron chi connectivity index (χ4n) is 2.45. The number of carbonyl (C=O) groups is 2. The molecule has 1 aliphatic rings. The van der Waals surface area contributed by atoms with Crippen LogP contribution in [-0.4, -0.2) is 53.8 Å².